The standard InChI is InChI=1S/C31H38N2O/c1-3-24-10-13-28(4-2)30(21-24)22-32-31(34)29-14-11-27(12-15-29)23-33-18-16-26(17-19-33)20-25-8-6-5-7-9-25/h5-15,21,26H,3-4,16-20,22-23H2,1-2H3,(H,32,34). The first kappa shape index (κ1) is 24.2. The number of rotatable bonds is 9. The highest BCUT2D eigenvalue weighted by Crippen LogP contribution is 2.23. The number of nitrogens with one attached hydrogen (secondary N) is 1. The molecule has 1 N–H and O–H groups in total. The molecule has 0 radical (unpaired) electrons. The molecule has 0 atom stereocenters. The average molecular weight is 455 g/mol. The van der Waals surface area contributed by atoms with Gasteiger partial charge in [0.2, 0.25) is 0 Å². The molecule has 1 aliphatic rings. The number of carbonyl (C=O) groups excluding carboxylic acids is 1. The second kappa shape index (κ2) is 12.0. The lowest BCUT2D eigenvalue weighted by atomic mass is 9.90. The Morgan fingerprint density at radius 1 is 0.824 bits per heavy atom. The summed E-state index contributed by atoms with van der Waals surface area (Å²) in [6.07, 6.45) is 5.70. The predicted octanol–water partition coefficient (Wildman–Crippen LogP) is 6.20. The first-order valence-electron chi connectivity index (χ1n) is 12.9. The number of hydrogen-bond acceptors (Lipinski definition) is 2. The molecule has 1 amide bonds. The van der Waals surface area contributed by atoms with Gasteiger partial charge in [0.05, 0.1) is 0 Å². The Bertz CT molecular complexity index is 1050. The van der Waals surface area contributed by atoms with Gasteiger partial charge in [-0.15, -0.1) is 0 Å². The van der Waals surface area contributed by atoms with Gasteiger partial charge in [0, 0.05) is 18.7 Å². The van der Waals surface area contributed by atoms with Crippen LogP contribution in [0.3, 0.4) is 0 Å². The summed E-state index contributed by atoms with van der Waals surface area (Å²) in [4.78, 5) is 15.3. The lowest BCUT2D eigenvalue weighted by Gasteiger charge is -2.32. The summed E-state index contributed by atoms with van der Waals surface area (Å²) in [6.45, 7) is 8.17. The molecule has 3 heteroatoms. The fourth-order valence-corrected chi connectivity index (χ4v) is 5.00. The molecule has 1 saturated heterocycles. The van der Waals surface area contributed by atoms with Crippen LogP contribution < -0.4 is 5.32 Å². The number of likely N-dealkylation sites (tertiary alicyclic amines) is 1. The van der Waals surface area contributed by atoms with Crippen LogP contribution in [-0.4, -0.2) is 23.9 Å². The average Bonchev–Trinajstić information content (AvgIpc) is 2.89. The Hall–Kier alpha value is -2.91. The quantitative estimate of drug-likeness (QED) is 0.418. The third-order valence-corrected chi connectivity index (χ3v) is 7.20. The lowest BCUT2D eigenvalue weighted by molar-refractivity contribution is 0.0950. The SMILES string of the molecule is CCc1ccc(CC)c(CNC(=O)c2ccc(CN3CCC(Cc4ccccc4)CC3)cc2)c1. The molecule has 3 aromatic rings. The van der Waals surface area contributed by atoms with Crippen molar-refractivity contribution in [3.8, 4) is 0 Å². The molecule has 0 unspecified atom stereocenters. The maximum atomic E-state index is 12.7. The van der Waals surface area contributed by atoms with E-state index in [4.69, 9.17) is 0 Å². The van der Waals surface area contributed by atoms with E-state index in [1.54, 1.807) is 0 Å². The molecular formula is C31H38N2O. The Balaban J connectivity index is 1.25. The maximum absolute atomic E-state index is 12.7. The van der Waals surface area contributed by atoms with Crippen LogP contribution in [0.25, 0.3) is 0 Å². The molecule has 3 aromatic carbocycles. The van der Waals surface area contributed by atoms with Gasteiger partial charge in [-0.3, -0.25) is 9.69 Å². The van der Waals surface area contributed by atoms with E-state index in [2.05, 4.69) is 84.7 Å². The molecule has 34 heavy (non-hydrogen) atoms. The van der Waals surface area contributed by atoms with Crippen LogP contribution >= 0.6 is 0 Å². The molecule has 0 spiro atoms. The van der Waals surface area contributed by atoms with E-state index in [1.165, 1.54) is 47.1 Å². The van der Waals surface area contributed by atoms with E-state index in [0.717, 1.165) is 44.0 Å². The Kier molecular flexibility index (Phi) is 8.54. The minimum absolute atomic E-state index is 0.00256. The summed E-state index contributed by atoms with van der Waals surface area (Å²) in [7, 11) is 0. The van der Waals surface area contributed by atoms with Gasteiger partial charge in [0.15, 0.2) is 0 Å². The van der Waals surface area contributed by atoms with Gasteiger partial charge in [-0.05, 0) is 91.1 Å². The van der Waals surface area contributed by atoms with Crippen LogP contribution in [0.15, 0.2) is 72.8 Å². The van der Waals surface area contributed by atoms with Crippen molar-refractivity contribution >= 4 is 5.91 Å². The molecule has 1 aliphatic heterocycles. The molecule has 0 bridgehead atoms. The second-order valence-electron chi connectivity index (χ2n) is 9.60. The van der Waals surface area contributed by atoms with Crippen molar-refractivity contribution < 1.29 is 4.79 Å². The van der Waals surface area contributed by atoms with Gasteiger partial charge < -0.3 is 5.32 Å². The monoisotopic (exact) mass is 454 g/mol. The van der Waals surface area contributed by atoms with Crippen LogP contribution in [0, 0.1) is 5.92 Å². The van der Waals surface area contributed by atoms with Crippen LogP contribution in [0.1, 0.15) is 64.9 Å². The van der Waals surface area contributed by atoms with Gasteiger partial charge in [0.25, 0.3) is 5.91 Å². The van der Waals surface area contributed by atoms with Crippen LogP contribution in [0.4, 0.5) is 0 Å². The van der Waals surface area contributed by atoms with E-state index in [0.29, 0.717) is 6.54 Å². The first-order valence-corrected chi connectivity index (χ1v) is 12.9. The predicted molar refractivity (Wildman–Crippen MR) is 141 cm³/mol. The Labute approximate surface area is 205 Å². The zero-order valence-electron chi connectivity index (χ0n) is 20.7. The summed E-state index contributed by atoms with van der Waals surface area (Å²) >= 11 is 0. The van der Waals surface area contributed by atoms with Crippen molar-refractivity contribution in [2.75, 3.05) is 13.1 Å². The molecule has 0 saturated carbocycles. The van der Waals surface area contributed by atoms with Crippen molar-refractivity contribution in [3.05, 3.63) is 106 Å². The zero-order chi connectivity index (χ0) is 23.8. The van der Waals surface area contributed by atoms with E-state index >= 15 is 0 Å². The molecule has 1 fully saturated rings. The van der Waals surface area contributed by atoms with Crippen molar-refractivity contribution in [2.45, 2.75) is 59.0 Å². The smallest absolute Gasteiger partial charge is 0.251 e. The largest absolute Gasteiger partial charge is 0.348 e. The maximum Gasteiger partial charge on any atom is 0.251 e. The van der Waals surface area contributed by atoms with Gasteiger partial charge in [-0.25, -0.2) is 0 Å². The summed E-state index contributed by atoms with van der Waals surface area (Å²) in [5, 5.41) is 3.12. The van der Waals surface area contributed by atoms with Crippen molar-refractivity contribution in [2.24, 2.45) is 5.92 Å². The highest BCUT2D eigenvalue weighted by Gasteiger charge is 2.19. The summed E-state index contributed by atoms with van der Waals surface area (Å²) in [6, 6.07) is 25.6. The molecular weight excluding hydrogens is 416 g/mol. The fourth-order valence-electron chi connectivity index (χ4n) is 5.00. The van der Waals surface area contributed by atoms with Gasteiger partial charge >= 0.3 is 0 Å². The molecule has 3 nitrogen and oxygen atoms in total. The van der Waals surface area contributed by atoms with E-state index in [1.807, 2.05) is 12.1 Å². The number of piperidine rings is 1. The fraction of sp³-hybridized carbons (Fsp3) is 0.387. The van der Waals surface area contributed by atoms with Crippen molar-refractivity contribution in [3.63, 3.8) is 0 Å². The number of aryl methyl sites for hydroxylation is 2. The second-order valence-corrected chi connectivity index (χ2v) is 9.60. The lowest BCUT2D eigenvalue weighted by Crippen LogP contribution is -2.33. The first-order chi connectivity index (χ1) is 16.6. The summed E-state index contributed by atoms with van der Waals surface area (Å²) in [5.41, 5.74) is 7.31. The van der Waals surface area contributed by atoms with Crippen LogP contribution in [-0.2, 0) is 32.4 Å². The number of benzene rings is 3. The normalized spacial score (nSPS) is 14.8. The number of nitrogens with zero attached hydrogens (tertiary/aromatic N) is 1. The van der Waals surface area contributed by atoms with Crippen LogP contribution in [0.5, 0.6) is 0 Å². The molecule has 1 heterocycles. The Morgan fingerprint density at radius 2 is 1.53 bits per heavy atom. The van der Waals surface area contributed by atoms with Gasteiger partial charge in [-0.1, -0.05) is 74.5 Å². The highest BCUT2D eigenvalue weighted by molar-refractivity contribution is 5.94. The topological polar surface area (TPSA) is 32.3 Å². The van der Waals surface area contributed by atoms with E-state index in [9.17, 15) is 4.79 Å². The number of hydrogen-bond donors (Lipinski definition) is 1. The van der Waals surface area contributed by atoms with Crippen LogP contribution in [0.2, 0.25) is 0 Å². The highest BCUT2D eigenvalue weighted by atomic mass is 16.1. The van der Waals surface area contributed by atoms with Gasteiger partial charge in [-0.2, -0.15) is 0 Å². The summed E-state index contributed by atoms with van der Waals surface area (Å²) in [5.74, 6) is 0.785. The van der Waals surface area contributed by atoms with E-state index < -0.39 is 0 Å². The van der Waals surface area contributed by atoms with Gasteiger partial charge in [0.1, 0.15) is 0 Å². The van der Waals surface area contributed by atoms with Crippen molar-refractivity contribution in [1.29, 1.82) is 0 Å². The molecule has 4 rings (SSSR count). The minimum atomic E-state index is -0.00256. The summed E-state index contributed by atoms with van der Waals surface area (Å²) < 4.78 is 0. The van der Waals surface area contributed by atoms with Crippen molar-refractivity contribution in [1.82, 2.24) is 10.2 Å². The Morgan fingerprint density at radius 3 is 2.21 bits per heavy atom. The zero-order valence-corrected chi connectivity index (χ0v) is 20.7. The third-order valence-electron chi connectivity index (χ3n) is 7.20. The number of carbonyl (C=O) groups is 1. The van der Waals surface area contributed by atoms with E-state index in [-0.39, 0.29) is 5.91 Å². The molecule has 0 aromatic heterocycles. The molecule has 0 aliphatic carbocycles. The minimum Gasteiger partial charge on any atom is -0.348 e. The third kappa shape index (κ3) is 6.57. The molecule has 178 valence electrons. The number of amides is 1.